The van der Waals surface area contributed by atoms with Crippen molar-refractivity contribution in [1.82, 2.24) is 29.9 Å². The maximum atomic E-state index is 13.3. The van der Waals surface area contributed by atoms with Gasteiger partial charge < -0.3 is 10.1 Å². The Bertz CT molecular complexity index is 1390. The predicted molar refractivity (Wildman–Crippen MR) is 128 cm³/mol. The minimum atomic E-state index is -0.233. The van der Waals surface area contributed by atoms with Crippen LogP contribution < -0.4 is 10.1 Å². The number of para-hydroxylation sites is 1. The lowest BCUT2D eigenvalue weighted by molar-refractivity contribution is 0.0951. The van der Waals surface area contributed by atoms with Crippen LogP contribution in [-0.4, -0.2) is 37.6 Å². The average molecular weight is 451 g/mol. The van der Waals surface area contributed by atoms with Crippen LogP contribution in [0, 0.1) is 0 Å². The highest BCUT2D eigenvalue weighted by atomic mass is 16.5. The maximum absolute atomic E-state index is 13.3. The SMILES string of the molecule is COc1ccc(-c2nn(-c3ccccc3)cc2C(=O)NCc2cccnc2-n2cccn2)cc1. The van der Waals surface area contributed by atoms with Gasteiger partial charge in [-0.1, -0.05) is 24.3 Å². The van der Waals surface area contributed by atoms with Crippen molar-refractivity contribution in [1.29, 1.82) is 0 Å². The summed E-state index contributed by atoms with van der Waals surface area (Å²) in [7, 11) is 1.62. The van der Waals surface area contributed by atoms with Crippen LogP contribution in [0.4, 0.5) is 0 Å². The fraction of sp³-hybridized carbons (Fsp3) is 0.0769. The van der Waals surface area contributed by atoms with Crippen molar-refractivity contribution >= 4 is 5.91 Å². The van der Waals surface area contributed by atoms with Gasteiger partial charge in [-0.05, 0) is 48.5 Å². The Morgan fingerprint density at radius 1 is 0.941 bits per heavy atom. The fourth-order valence-corrected chi connectivity index (χ4v) is 3.65. The first-order valence-electron chi connectivity index (χ1n) is 10.7. The van der Waals surface area contributed by atoms with E-state index in [2.05, 4.69) is 15.4 Å². The van der Waals surface area contributed by atoms with E-state index < -0.39 is 0 Å². The molecule has 3 heterocycles. The third-order valence-electron chi connectivity index (χ3n) is 5.37. The molecular weight excluding hydrogens is 428 g/mol. The van der Waals surface area contributed by atoms with E-state index in [0.717, 1.165) is 22.6 Å². The second kappa shape index (κ2) is 9.41. The number of aromatic nitrogens is 5. The molecule has 0 bridgehead atoms. The van der Waals surface area contributed by atoms with Crippen LogP contribution in [0.2, 0.25) is 0 Å². The zero-order chi connectivity index (χ0) is 23.3. The van der Waals surface area contributed by atoms with E-state index in [4.69, 9.17) is 9.84 Å². The first-order valence-corrected chi connectivity index (χ1v) is 10.7. The third-order valence-corrected chi connectivity index (χ3v) is 5.37. The second-order valence-corrected chi connectivity index (χ2v) is 7.52. The number of hydrogen-bond acceptors (Lipinski definition) is 5. The van der Waals surface area contributed by atoms with Crippen molar-refractivity contribution in [3.63, 3.8) is 0 Å². The summed E-state index contributed by atoms with van der Waals surface area (Å²) in [6.45, 7) is 0.292. The maximum Gasteiger partial charge on any atom is 0.255 e. The molecule has 8 heteroatoms. The summed E-state index contributed by atoms with van der Waals surface area (Å²) in [5.74, 6) is 1.17. The Morgan fingerprint density at radius 3 is 2.50 bits per heavy atom. The van der Waals surface area contributed by atoms with Crippen molar-refractivity contribution < 1.29 is 9.53 Å². The highest BCUT2D eigenvalue weighted by Gasteiger charge is 2.19. The van der Waals surface area contributed by atoms with Gasteiger partial charge in [-0.15, -0.1) is 0 Å². The van der Waals surface area contributed by atoms with Gasteiger partial charge in [0, 0.05) is 42.5 Å². The number of carbonyl (C=O) groups is 1. The second-order valence-electron chi connectivity index (χ2n) is 7.52. The molecule has 0 saturated heterocycles. The molecule has 168 valence electrons. The first-order chi connectivity index (χ1) is 16.7. The molecule has 0 spiro atoms. The predicted octanol–water partition coefficient (Wildman–Crippen LogP) is 4.06. The molecule has 2 aromatic carbocycles. The van der Waals surface area contributed by atoms with Gasteiger partial charge in [-0.25, -0.2) is 14.3 Å². The van der Waals surface area contributed by atoms with Gasteiger partial charge in [0.25, 0.3) is 5.91 Å². The van der Waals surface area contributed by atoms with E-state index >= 15 is 0 Å². The van der Waals surface area contributed by atoms with Crippen LogP contribution in [0.25, 0.3) is 22.8 Å². The van der Waals surface area contributed by atoms with Gasteiger partial charge in [-0.2, -0.15) is 10.2 Å². The lowest BCUT2D eigenvalue weighted by Crippen LogP contribution is -2.24. The summed E-state index contributed by atoms with van der Waals surface area (Å²) in [5.41, 5.74) is 3.59. The lowest BCUT2D eigenvalue weighted by Gasteiger charge is -2.10. The molecule has 0 aliphatic heterocycles. The van der Waals surface area contributed by atoms with Crippen molar-refractivity contribution in [2.45, 2.75) is 6.54 Å². The van der Waals surface area contributed by atoms with E-state index in [1.54, 1.807) is 35.1 Å². The molecule has 8 nitrogen and oxygen atoms in total. The number of ether oxygens (including phenoxy) is 1. The number of nitrogens with zero attached hydrogens (tertiary/aromatic N) is 5. The van der Waals surface area contributed by atoms with Crippen LogP contribution in [0.1, 0.15) is 15.9 Å². The smallest absolute Gasteiger partial charge is 0.255 e. The van der Waals surface area contributed by atoms with Gasteiger partial charge in [0.05, 0.1) is 18.4 Å². The number of pyridine rings is 1. The molecule has 5 rings (SSSR count). The summed E-state index contributed by atoms with van der Waals surface area (Å²) in [6, 6.07) is 22.8. The number of benzene rings is 2. The Labute approximate surface area is 196 Å². The normalized spacial score (nSPS) is 10.7. The molecule has 0 aliphatic rings. The standard InChI is InChI=1S/C26H22N6O2/c1-34-22-12-10-19(11-13-22)24-23(18-32(30-24)21-8-3-2-4-9-21)26(33)28-17-20-7-5-14-27-25(20)31-16-6-15-29-31/h2-16,18H,17H2,1H3,(H,28,33). The largest absolute Gasteiger partial charge is 0.497 e. The third kappa shape index (κ3) is 4.29. The summed E-state index contributed by atoms with van der Waals surface area (Å²) >= 11 is 0. The van der Waals surface area contributed by atoms with E-state index in [0.29, 0.717) is 23.6 Å². The zero-order valence-electron chi connectivity index (χ0n) is 18.5. The molecule has 1 amide bonds. The number of amides is 1. The Balaban J connectivity index is 1.46. The van der Waals surface area contributed by atoms with E-state index in [1.807, 2.05) is 79.0 Å². The zero-order valence-corrected chi connectivity index (χ0v) is 18.5. The first kappa shape index (κ1) is 21.1. The number of methoxy groups -OCH3 is 1. The average Bonchev–Trinajstić information content (AvgIpc) is 3.59. The van der Waals surface area contributed by atoms with Gasteiger partial charge >= 0.3 is 0 Å². The number of hydrogen-bond donors (Lipinski definition) is 1. The van der Waals surface area contributed by atoms with Crippen molar-refractivity contribution in [2.75, 3.05) is 7.11 Å². The Hall–Kier alpha value is -4.72. The fourth-order valence-electron chi connectivity index (χ4n) is 3.65. The van der Waals surface area contributed by atoms with Crippen molar-refractivity contribution in [3.8, 4) is 28.5 Å². The van der Waals surface area contributed by atoms with E-state index in [1.165, 1.54) is 0 Å². The van der Waals surface area contributed by atoms with Crippen molar-refractivity contribution in [3.05, 3.63) is 109 Å². The summed E-state index contributed by atoms with van der Waals surface area (Å²) < 4.78 is 8.66. The van der Waals surface area contributed by atoms with Crippen LogP contribution in [0.15, 0.2) is 97.6 Å². The van der Waals surface area contributed by atoms with Gasteiger partial charge in [0.1, 0.15) is 11.4 Å². The summed E-state index contributed by atoms with van der Waals surface area (Å²) in [5, 5.41) is 12.0. The minimum Gasteiger partial charge on any atom is -0.497 e. The lowest BCUT2D eigenvalue weighted by atomic mass is 10.1. The topological polar surface area (TPSA) is 86.9 Å². The molecule has 0 unspecified atom stereocenters. The molecule has 0 saturated carbocycles. The molecule has 34 heavy (non-hydrogen) atoms. The van der Waals surface area contributed by atoms with Crippen LogP contribution in [0.3, 0.4) is 0 Å². The number of rotatable bonds is 7. The van der Waals surface area contributed by atoms with Crippen LogP contribution >= 0.6 is 0 Å². The van der Waals surface area contributed by atoms with E-state index in [-0.39, 0.29) is 5.91 Å². The van der Waals surface area contributed by atoms with Gasteiger partial charge in [0.15, 0.2) is 5.82 Å². The minimum absolute atomic E-state index is 0.233. The quantitative estimate of drug-likeness (QED) is 0.404. The van der Waals surface area contributed by atoms with Crippen LogP contribution in [-0.2, 0) is 6.54 Å². The highest BCUT2D eigenvalue weighted by Crippen LogP contribution is 2.26. The Morgan fingerprint density at radius 2 is 1.76 bits per heavy atom. The van der Waals surface area contributed by atoms with E-state index in [9.17, 15) is 4.79 Å². The molecule has 0 aliphatic carbocycles. The molecule has 0 fully saturated rings. The highest BCUT2D eigenvalue weighted by molar-refractivity contribution is 6.00. The monoisotopic (exact) mass is 450 g/mol. The summed E-state index contributed by atoms with van der Waals surface area (Å²) in [6.07, 6.45) is 6.96. The molecule has 0 atom stereocenters. The molecular formula is C26H22N6O2. The molecule has 0 radical (unpaired) electrons. The number of nitrogens with one attached hydrogen (secondary N) is 1. The molecule has 5 aromatic rings. The van der Waals surface area contributed by atoms with Gasteiger partial charge in [-0.3, -0.25) is 4.79 Å². The Kier molecular flexibility index (Phi) is 5.85. The number of carbonyl (C=O) groups excluding carboxylic acids is 1. The summed E-state index contributed by atoms with van der Waals surface area (Å²) in [4.78, 5) is 17.8. The van der Waals surface area contributed by atoms with Crippen LogP contribution in [0.5, 0.6) is 5.75 Å². The van der Waals surface area contributed by atoms with Gasteiger partial charge in [0.2, 0.25) is 0 Å². The molecule has 3 aromatic heterocycles. The molecule has 1 N–H and O–H groups in total. The van der Waals surface area contributed by atoms with Crippen molar-refractivity contribution in [2.24, 2.45) is 0 Å².